The highest BCUT2D eigenvalue weighted by Gasteiger charge is 2.28. The highest BCUT2D eigenvalue weighted by Crippen LogP contribution is 2.23. The Kier molecular flexibility index (Phi) is 5.80. The second-order valence-electron chi connectivity index (χ2n) is 5.67. The number of aromatic amines is 1. The molecule has 0 unspecified atom stereocenters. The molecule has 0 amide bonds. The first-order chi connectivity index (χ1) is 13.7. The summed E-state index contributed by atoms with van der Waals surface area (Å²) in [6.07, 6.45) is -5.89. The van der Waals surface area contributed by atoms with E-state index in [0.29, 0.717) is 5.69 Å². The van der Waals surface area contributed by atoms with Crippen molar-refractivity contribution in [2.45, 2.75) is 12.6 Å². The molecule has 1 aromatic carbocycles. The summed E-state index contributed by atoms with van der Waals surface area (Å²) in [7, 11) is 0. The molecule has 7 nitrogen and oxygen atoms in total. The predicted molar refractivity (Wildman–Crippen MR) is 90.5 cm³/mol. The lowest BCUT2D eigenvalue weighted by molar-refractivity contribution is -0.153. The van der Waals surface area contributed by atoms with Gasteiger partial charge in [-0.05, 0) is 30.3 Å². The van der Waals surface area contributed by atoms with Crippen LogP contribution in [-0.2, 0) is 0 Å². The van der Waals surface area contributed by atoms with E-state index in [1.807, 2.05) is 0 Å². The zero-order valence-electron chi connectivity index (χ0n) is 14.5. The van der Waals surface area contributed by atoms with Gasteiger partial charge in [0.1, 0.15) is 5.75 Å². The topological polar surface area (TPSA) is 82.0 Å². The van der Waals surface area contributed by atoms with Gasteiger partial charge in [-0.25, -0.2) is 13.3 Å². The first-order valence-electron chi connectivity index (χ1n) is 8.08. The number of benzene rings is 1. The lowest BCUT2D eigenvalue weighted by Crippen LogP contribution is -2.23. The Bertz CT molecular complexity index is 1000. The number of aromatic nitrogens is 4. The molecule has 0 saturated heterocycles. The van der Waals surface area contributed by atoms with Gasteiger partial charge in [0, 0.05) is 12.3 Å². The van der Waals surface area contributed by atoms with Crippen LogP contribution >= 0.6 is 0 Å². The SMILES string of the molecule is O=c1cc(-c2ccn[nH]2)nc(OCC(F)F)n1-c1ccc(OCC(F)(F)F)cc1. The van der Waals surface area contributed by atoms with Gasteiger partial charge in [0.25, 0.3) is 12.0 Å². The van der Waals surface area contributed by atoms with E-state index in [1.165, 1.54) is 36.5 Å². The molecule has 0 aliphatic carbocycles. The van der Waals surface area contributed by atoms with Gasteiger partial charge >= 0.3 is 12.2 Å². The molecule has 3 rings (SSSR count). The van der Waals surface area contributed by atoms with E-state index in [2.05, 4.69) is 19.9 Å². The standard InChI is InChI=1S/C17H13F5N4O3/c18-14(19)8-28-16-24-13(12-5-6-23-25-12)7-15(27)26(16)10-1-3-11(4-2-10)29-9-17(20,21)22/h1-7,14H,8-9H2,(H,23,25). The Morgan fingerprint density at radius 1 is 1.10 bits per heavy atom. The fourth-order valence-corrected chi connectivity index (χ4v) is 2.33. The van der Waals surface area contributed by atoms with Crippen molar-refractivity contribution in [3.63, 3.8) is 0 Å². The molecule has 154 valence electrons. The van der Waals surface area contributed by atoms with Crippen molar-refractivity contribution < 1.29 is 31.4 Å². The summed E-state index contributed by atoms with van der Waals surface area (Å²) in [6.45, 7) is -2.48. The van der Waals surface area contributed by atoms with E-state index in [0.717, 1.165) is 10.6 Å². The molecule has 29 heavy (non-hydrogen) atoms. The fourth-order valence-electron chi connectivity index (χ4n) is 2.33. The summed E-state index contributed by atoms with van der Waals surface area (Å²) in [5.41, 5.74) is -0.0229. The van der Waals surface area contributed by atoms with Crippen LogP contribution < -0.4 is 15.0 Å². The van der Waals surface area contributed by atoms with Gasteiger partial charge in [0.15, 0.2) is 13.2 Å². The molecule has 2 aromatic heterocycles. The lowest BCUT2D eigenvalue weighted by atomic mass is 10.2. The average molecular weight is 416 g/mol. The van der Waals surface area contributed by atoms with Crippen LogP contribution in [0.25, 0.3) is 17.1 Å². The first kappa shape index (κ1) is 20.3. The average Bonchev–Trinajstić information content (AvgIpc) is 3.19. The number of alkyl halides is 5. The van der Waals surface area contributed by atoms with E-state index in [4.69, 9.17) is 4.74 Å². The third-order valence-electron chi connectivity index (χ3n) is 3.50. The molecule has 2 heterocycles. The van der Waals surface area contributed by atoms with Crippen LogP contribution in [0.15, 0.2) is 47.4 Å². The molecule has 0 fully saturated rings. The van der Waals surface area contributed by atoms with Crippen molar-refractivity contribution in [3.05, 3.63) is 52.9 Å². The van der Waals surface area contributed by atoms with Crippen molar-refractivity contribution in [1.82, 2.24) is 19.7 Å². The molecule has 0 spiro atoms. The maximum Gasteiger partial charge on any atom is 0.422 e. The summed E-state index contributed by atoms with van der Waals surface area (Å²) in [6, 6.07) is 7.21. The Balaban J connectivity index is 1.95. The van der Waals surface area contributed by atoms with Crippen LogP contribution in [-0.4, -0.2) is 45.6 Å². The molecule has 0 bridgehead atoms. The van der Waals surface area contributed by atoms with Crippen LogP contribution in [0.4, 0.5) is 22.0 Å². The number of halogens is 5. The number of ether oxygens (including phenoxy) is 2. The van der Waals surface area contributed by atoms with Gasteiger partial charge in [-0.15, -0.1) is 0 Å². The van der Waals surface area contributed by atoms with Gasteiger partial charge < -0.3 is 9.47 Å². The largest absolute Gasteiger partial charge is 0.484 e. The maximum atomic E-state index is 12.6. The number of H-pyrrole nitrogens is 1. The first-order valence-corrected chi connectivity index (χ1v) is 8.08. The molecular formula is C17H13F5N4O3. The van der Waals surface area contributed by atoms with Gasteiger partial charge in [0.2, 0.25) is 0 Å². The van der Waals surface area contributed by atoms with Crippen LogP contribution in [0.5, 0.6) is 11.8 Å². The fraction of sp³-hybridized carbons (Fsp3) is 0.235. The van der Waals surface area contributed by atoms with Gasteiger partial charge in [-0.1, -0.05) is 0 Å². The van der Waals surface area contributed by atoms with E-state index >= 15 is 0 Å². The van der Waals surface area contributed by atoms with Gasteiger partial charge in [0.05, 0.1) is 17.1 Å². The highest BCUT2D eigenvalue weighted by atomic mass is 19.4. The lowest BCUT2D eigenvalue weighted by Gasteiger charge is -2.14. The summed E-state index contributed by atoms with van der Waals surface area (Å²) in [5.74, 6) is -0.0868. The minimum Gasteiger partial charge on any atom is -0.484 e. The Morgan fingerprint density at radius 2 is 1.83 bits per heavy atom. The van der Waals surface area contributed by atoms with E-state index in [1.54, 1.807) is 0 Å². The second-order valence-corrected chi connectivity index (χ2v) is 5.67. The monoisotopic (exact) mass is 416 g/mol. The summed E-state index contributed by atoms with van der Waals surface area (Å²) in [5, 5.41) is 6.32. The molecule has 0 aliphatic rings. The molecule has 0 aliphatic heterocycles. The molecule has 0 radical (unpaired) electrons. The number of hydrogen-bond donors (Lipinski definition) is 1. The molecule has 12 heteroatoms. The number of nitrogens with one attached hydrogen (secondary N) is 1. The maximum absolute atomic E-state index is 12.6. The summed E-state index contributed by atoms with van der Waals surface area (Å²) >= 11 is 0. The normalized spacial score (nSPS) is 11.7. The number of rotatable bonds is 7. The van der Waals surface area contributed by atoms with Crippen molar-refractivity contribution in [3.8, 4) is 28.8 Å². The van der Waals surface area contributed by atoms with Crippen LogP contribution in [0.1, 0.15) is 0 Å². The molecule has 3 aromatic rings. The van der Waals surface area contributed by atoms with E-state index in [-0.39, 0.29) is 17.1 Å². The predicted octanol–water partition coefficient (Wildman–Crippen LogP) is 3.21. The molecule has 0 atom stereocenters. The summed E-state index contributed by atoms with van der Waals surface area (Å²) in [4.78, 5) is 16.7. The molecular weight excluding hydrogens is 403 g/mol. The Hall–Kier alpha value is -3.44. The van der Waals surface area contributed by atoms with Crippen LogP contribution in [0.2, 0.25) is 0 Å². The van der Waals surface area contributed by atoms with Crippen LogP contribution in [0, 0.1) is 0 Å². The van der Waals surface area contributed by atoms with E-state index < -0.39 is 37.4 Å². The molecule has 1 N–H and O–H groups in total. The Morgan fingerprint density at radius 3 is 2.41 bits per heavy atom. The second kappa shape index (κ2) is 8.29. The number of nitrogens with zero attached hydrogens (tertiary/aromatic N) is 3. The van der Waals surface area contributed by atoms with Crippen LogP contribution in [0.3, 0.4) is 0 Å². The molecule has 0 saturated carbocycles. The minimum atomic E-state index is -4.50. The third kappa shape index (κ3) is 5.30. The summed E-state index contributed by atoms with van der Waals surface area (Å²) < 4.78 is 72.4. The zero-order chi connectivity index (χ0) is 21.0. The van der Waals surface area contributed by atoms with E-state index in [9.17, 15) is 26.7 Å². The minimum absolute atomic E-state index is 0.0868. The highest BCUT2D eigenvalue weighted by molar-refractivity contribution is 5.54. The number of hydrogen-bond acceptors (Lipinski definition) is 5. The van der Waals surface area contributed by atoms with Crippen molar-refractivity contribution >= 4 is 0 Å². The quantitative estimate of drug-likeness (QED) is 0.599. The Labute approximate surface area is 159 Å². The van der Waals surface area contributed by atoms with Gasteiger partial charge in [-0.3, -0.25) is 9.89 Å². The van der Waals surface area contributed by atoms with Crippen molar-refractivity contribution in [2.24, 2.45) is 0 Å². The van der Waals surface area contributed by atoms with Crippen molar-refractivity contribution in [1.29, 1.82) is 0 Å². The third-order valence-corrected chi connectivity index (χ3v) is 3.50. The van der Waals surface area contributed by atoms with Gasteiger partial charge in [-0.2, -0.15) is 23.3 Å². The zero-order valence-corrected chi connectivity index (χ0v) is 14.5. The van der Waals surface area contributed by atoms with Crippen molar-refractivity contribution in [2.75, 3.05) is 13.2 Å². The smallest absolute Gasteiger partial charge is 0.422 e.